The molecule has 0 spiro atoms. The number of hydrogen-bond acceptors (Lipinski definition) is 2. The molecule has 0 amide bonds. The van der Waals surface area contributed by atoms with Crippen molar-refractivity contribution in [3.05, 3.63) is 53.6 Å². The number of carbonyl (C=O) groups is 1. The van der Waals surface area contributed by atoms with Crippen LogP contribution in [0.25, 0.3) is 11.1 Å². The molecule has 0 bridgehead atoms. The first kappa shape index (κ1) is 14.1. The molecule has 0 aliphatic heterocycles. The Morgan fingerprint density at radius 3 is 2.40 bits per heavy atom. The van der Waals surface area contributed by atoms with E-state index in [4.69, 9.17) is 0 Å². The van der Waals surface area contributed by atoms with Crippen LogP contribution in [0.4, 0.5) is 13.2 Å². The maximum absolute atomic E-state index is 12.3. The number of aryl methyl sites for hydroxylation is 1. The first-order chi connectivity index (χ1) is 9.39. The average Bonchev–Trinajstić information content (AvgIpc) is 2.36. The molecule has 104 valence electrons. The van der Waals surface area contributed by atoms with Crippen molar-refractivity contribution in [3.8, 4) is 16.9 Å². The Hall–Kier alpha value is -2.30. The smallest absolute Gasteiger partial charge is 0.406 e. The normalized spacial score (nSPS) is 11.2. The summed E-state index contributed by atoms with van der Waals surface area (Å²) in [6, 6.07) is 11.1. The van der Waals surface area contributed by atoms with E-state index in [0.29, 0.717) is 11.8 Å². The molecule has 0 aliphatic rings. The first-order valence-corrected chi connectivity index (χ1v) is 5.81. The molecule has 0 atom stereocenters. The van der Waals surface area contributed by atoms with Gasteiger partial charge < -0.3 is 4.74 Å². The highest BCUT2D eigenvalue weighted by Crippen LogP contribution is 2.30. The number of ether oxygens (including phenoxy) is 1. The monoisotopic (exact) mass is 280 g/mol. The van der Waals surface area contributed by atoms with Crippen LogP contribution in [-0.2, 0) is 0 Å². The van der Waals surface area contributed by atoms with Gasteiger partial charge in [-0.15, -0.1) is 13.2 Å². The fourth-order valence-electron chi connectivity index (χ4n) is 1.93. The van der Waals surface area contributed by atoms with E-state index in [-0.39, 0.29) is 5.56 Å². The van der Waals surface area contributed by atoms with Gasteiger partial charge >= 0.3 is 6.36 Å². The van der Waals surface area contributed by atoms with E-state index >= 15 is 0 Å². The maximum Gasteiger partial charge on any atom is 0.573 e. The van der Waals surface area contributed by atoms with E-state index in [2.05, 4.69) is 4.74 Å². The molecule has 0 radical (unpaired) electrons. The van der Waals surface area contributed by atoms with Gasteiger partial charge in [0.05, 0.1) is 0 Å². The van der Waals surface area contributed by atoms with Crippen molar-refractivity contribution in [1.82, 2.24) is 0 Å². The minimum Gasteiger partial charge on any atom is -0.406 e. The average molecular weight is 280 g/mol. The van der Waals surface area contributed by atoms with Crippen molar-refractivity contribution >= 4 is 6.29 Å². The number of carbonyl (C=O) groups excluding carboxylic acids is 1. The molecule has 0 heterocycles. The van der Waals surface area contributed by atoms with Crippen molar-refractivity contribution in [2.75, 3.05) is 0 Å². The molecule has 0 aliphatic carbocycles. The number of alkyl halides is 3. The minimum atomic E-state index is -4.79. The molecule has 0 fully saturated rings. The summed E-state index contributed by atoms with van der Waals surface area (Å²) < 4.78 is 40.7. The Morgan fingerprint density at radius 2 is 1.80 bits per heavy atom. The van der Waals surface area contributed by atoms with Crippen LogP contribution in [0.5, 0.6) is 5.75 Å². The first-order valence-electron chi connectivity index (χ1n) is 5.81. The Bertz CT molecular complexity index is 633. The second-order valence-electron chi connectivity index (χ2n) is 4.27. The molecule has 20 heavy (non-hydrogen) atoms. The van der Waals surface area contributed by atoms with E-state index in [1.165, 1.54) is 12.1 Å². The van der Waals surface area contributed by atoms with Crippen LogP contribution in [0.2, 0.25) is 0 Å². The predicted octanol–water partition coefficient (Wildman–Crippen LogP) is 4.37. The van der Waals surface area contributed by atoms with E-state index in [9.17, 15) is 18.0 Å². The lowest BCUT2D eigenvalue weighted by molar-refractivity contribution is -0.274. The van der Waals surface area contributed by atoms with Gasteiger partial charge in [0.15, 0.2) is 0 Å². The Labute approximate surface area is 113 Å². The van der Waals surface area contributed by atoms with Gasteiger partial charge in [0, 0.05) is 5.56 Å². The zero-order valence-corrected chi connectivity index (χ0v) is 10.6. The van der Waals surface area contributed by atoms with E-state index in [1.54, 1.807) is 12.1 Å². The minimum absolute atomic E-state index is 0.130. The summed E-state index contributed by atoms with van der Waals surface area (Å²) in [6.07, 6.45) is -4.30. The third-order valence-corrected chi connectivity index (χ3v) is 2.75. The fourth-order valence-corrected chi connectivity index (χ4v) is 1.93. The lowest BCUT2D eigenvalue weighted by Crippen LogP contribution is -2.17. The molecule has 0 saturated heterocycles. The quantitative estimate of drug-likeness (QED) is 0.780. The fraction of sp³-hybridized carbons (Fsp3) is 0.133. The summed E-state index contributed by atoms with van der Waals surface area (Å²) in [7, 11) is 0. The summed E-state index contributed by atoms with van der Waals surface area (Å²) in [4.78, 5) is 10.9. The van der Waals surface area contributed by atoms with Gasteiger partial charge in [-0.3, -0.25) is 4.79 Å². The summed E-state index contributed by atoms with van der Waals surface area (Å²) in [6.45, 7) is 1.84. The van der Waals surface area contributed by atoms with Gasteiger partial charge in [-0.2, -0.15) is 0 Å². The van der Waals surface area contributed by atoms with Gasteiger partial charge in [0.25, 0.3) is 0 Å². The summed E-state index contributed by atoms with van der Waals surface area (Å²) in [5.41, 5.74) is 2.29. The second-order valence-corrected chi connectivity index (χ2v) is 4.27. The van der Waals surface area contributed by atoms with Crippen LogP contribution in [-0.4, -0.2) is 12.6 Å². The third kappa shape index (κ3) is 3.38. The van der Waals surface area contributed by atoms with Gasteiger partial charge in [-0.25, -0.2) is 0 Å². The largest absolute Gasteiger partial charge is 0.573 e. The molecule has 2 rings (SSSR count). The maximum atomic E-state index is 12.3. The van der Waals surface area contributed by atoms with Gasteiger partial charge in [0.1, 0.15) is 12.0 Å². The SMILES string of the molecule is Cc1ccccc1-c1cc(C=O)cc(OC(F)(F)F)c1. The van der Waals surface area contributed by atoms with Crippen molar-refractivity contribution in [2.24, 2.45) is 0 Å². The lowest BCUT2D eigenvalue weighted by atomic mass is 9.99. The van der Waals surface area contributed by atoms with Crippen molar-refractivity contribution in [2.45, 2.75) is 13.3 Å². The molecular formula is C15H11F3O2. The molecule has 0 unspecified atom stereocenters. The highest BCUT2D eigenvalue weighted by Gasteiger charge is 2.31. The molecule has 0 aromatic heterocycles. The second kappa shape index (κ2) is 5.36. The number of benzene rings is 2. The van der Waals surface area contributed by atoms with Crippen molar-refractivity contribution in [3.63, 3.8) is 0 Å². The molecule has 0 N–H and O–H groups in total. The van der Waals surface area contributed by atoms with Crippen LogP contribution >= 0.6 is 0 Å². The Kier molecular flexibility index (Phi) is 3.79. The highest BCUT2D eigenvalue weighted by atomic mass is 19.4. The van der Waals surface area contributed by atoms with Crippen LogP contribution < -0.4 is 4.74 Å². The number of halogens is 3. The van der Waals surface area contributed by atoms with Crippen molar-refractivity contribution in [1.29, 1.82) is 0 Å². The Balaban J connectivity index is 2.51. The molecule has 5 heteroatoms. The Morgan fingerprint density at radius 1 is 1.10 bits per heavy atom. The number of rotatable bonds is 3. The zero-order valence-electron chi connectivity index (χ0n) is 10.6. The van der Waals surface area contributed by atoms with Crippen LogP contribution in [0.1, 0.15) is 15.9 Å². The standard InChI is InChI=1S/C15H11F3O2/c1-10-4-2-3-5-14(10)12-6-11(9-19)7-13(8-12)20-15(16,17)18/h2-9H,1H3. The number of aldehydes is 1. The summed E-state index contributed by atoms with van der Waals surface area (Å²) in [5, 5.41) is 0. The highest BCUT2D eigenvalue weighted by molar-refractivity contribution is 5.81. The molecular weight excluding hydrogens is 269 g/mol. The molecule has 2 aromatic rings. The lowest BCUT2D eigenvalue weighted by Gasteiger charge is -2.12. The van der Waals surface area contributed by atoms with E-state index in [0.717, 1.165) is 17.2 Å². The third-order valence-electron chi connectivity index (χ3n) is 2.75. The summed E-state index contributed by atoms with van der Waals surface area (Å²) in [5.74, 6) is -0.402. The predicted molar refractivity (Wildman–Crippen MR) is 68.7 cm³/mol. The van der Waals surface area contributed by atoms with E-state index < -0.39 is 12.1 Å². The molecule has 2 nitrogen and oxygen atoms in total. The van der Waals surface area contributed by atoms with Crippen LogP contribution in [0.15, 0.2) is 42.5 Å². The summed E-state index contributed by atoms with van der Waals surface area (Å²) >= 11 is 0. The van der Waals surface area contributed by atoms with E-state index in [1.807, 2.05) is 19.1 Å². The van der Waals surface area contributed by atoms with Crippen molar-refractivity contribution < 1.29 is 22.7 Å². The van der Waals surface area contributed by atoms with Crippen LogP contribution in [0.3, 0.4) is 0 Å². The zero-order chi connectivity index (χ0) is 14.8. The molecule has 2 aromatic carbocycles. The van der Waals surface area contributed by atoms with Gasteiger partial charge in [0.2, 0.25) is 0 Å². The van der Waals surface area contributed by atoms with Crippen LogP contribution in [0, 0.1) is 6.92 Å². The number of hydrogen-bond donors (Lipinski definition) is 0. The van der Waals surface area contributed by atoms with Gasteiger partial charge in [-0.1, -0.05) is 24.3 Å². The molecule has 0 saturated carbocycles. The topological polar surface area (TPSA) is 26.3 Å². The van der Waals surface area contributed by atoms with Gasteiger partial charge in [-0.05, 0) is 41.8 Å².